The van der Waals surface area contributed by atoms with Crippen LogP contribution in [-0.2, 0) is 28.6 Å². The minimum Gasteiger partial charge on any atom is -0.462 e. The molecule has 0 aromatic rings. The molecule has 0 aliphatic rings. The smallest absolute Gasteiger partial charge is 0.306 e. The first-order chi connectivity index (χ1) is 32.5. The molecule has 0 N–H and O–H groups in total. The van der Waals surface area contributed by atoms with Gasteiger partial charge in [-0.2, -0.15) is 0 Å². The molecule has 0 saturated carbocycles. The van der Waals surface area contributed by atoms with E-state index in [1.807, 2.05) is 0 Å². The molecule has 0 rings (SSSR count). The molecule has 0 aromatic carbocycles. The van der Waals surface area contributed by atoms with Crippen LogP contribution in [0.15, 0.2) is 85.1 Å². The molecule has 378 valence electrons. The van der Waals surface area contributed by atoms with Crippen LogP contribution in [0.2, 0.25) is 0 Å². The molecule has 0 heterocycles. The molecule has 1 atom stereocenters. The van der Waals surface area contributed by atoms with E-state index >= 15 is 0 Å². The molecule has 0 aliphatic heterocycles. The molecule has 0 amide bonds. The zero-order valence-electron chi connectivity index (χ0n) is 43.2. The first kappa shape index (κ1) is 62.6. The number of unbranched alkanes of at least 4 members (excludes halogenated alkanes) is 27. The van der Waals surface area contributed by atoms with Crippen LogP contribution in [-0.4, -0.2) is 37.2 Å². The predicted octanol–water partition coefficient (Wildman–Crippen LogP) is 18.4. The van der Waals surface area contributed by atoms with Crippen molar-refractivity contribution < 1.29 is 28.6 Å². The average molecular weight is 919 g/mol. The van der Waals surface area contributed by atoms with Gasteiger partial charge in [-0.15, -0.1) is 0 Å². The van der Waals surface area contributed by atoms with E-state index in [1.54, 1.807) is 0 Å². The Hall–Kier alpha value is -3.41. The minimum absolute atomic E-state index is 0.0948. The van der Waals surface area contributed by atoms with Gasteiger partial charge in [0, 0.05) is 19.3 Å². The summed E-state index contributed by atoms with van der Waals surface area (Å²) in [7, 11) is 0. The lowest BCUT2D eigenvalue weighted by molar-refractivity contribution is -0.167. The summed E-state index contributed by atoms with van der Waals surface area (Å²) in [4.78, 5) is 38.1. The highest BCUT2D eigenvalue weighted by atomic mass is 16.6. The Bertz CT molecular complexity index is 1290. The molecule has 1 unspecified atom stereocenters. The van der Waals surface area contributed by atoms with Crippen molar-refractivity contribution in [2.75, 3.05) is 13.2 Å². The van der Waals surface area contributed by atoms with Gasteiger partial charge in [0.05, 0.1) is 0 Å². The summed E-state index contributed by atoms with van der Waals surface area (Å²) in [6.07, 6.45) is 69.9. The van der Waals surface area contributed by atoms with Gasteiger partial charge in [0.1, 0.15) is 13.2 Å². The summed E-state index contributed by atoms with van der Waals surface area (Å²) >= 11 is 0. The molecule has 0 radical (unpaired) electrons. The zero-order chi connectivity index (χ0) is 47.9. The normalized spacial score (nSPS) is 12.7. The molecule has 0 fully saturated rings. The van der Waals surface area contributed by atoms with Crippen molar-refractivity contribution in [3.63, 3.8) is 0 Å². The number of allylic oxidation sites excluding steroid dienone is 14. The van der Waals surface area contributed by atoms with Crippen LogP contribution in [0, 0.1) is 0 Å². The maximum atomic E-state index is 12.8. The standard InChI is InChI=1S/C60H102O6/c1-4-7-10-13-16-19-22-25-28-30-31-33-35-38-41-44-47-50-53-59(62)65-56-57(55-64-58(61)52-49-46-43-40-37-34-27-24-21-18-15-12-9-6-3)66-60(63)54-51-48-45-42-39-36-32-29-26-23-20-17-14-11-8-5-2/h9,12,16,18-19,21-22,25,27-28,30-31,33-34,57H,4-8,10-11,13-15,17,20,23-24,26,29,32,35-56H2,1-3H3/b12-9-,19-16-,21-18-,25-22-,30-28-,33-31-,34-27-. The Morgan fingerprint density at radius 1 is 0.333 bits per heavy atom. The van der Waals surface area contributed by atoms with E-state index in [4.69, 9.17) is 14.2 Å². The molecule has 0 saturated heterocycles. The number of carbonyl (C=O) groups excluding carboxylic acids is 3. The van der Waals surface area contributed by atoms with Crippen molar-refractivity contribution in [1.29, 1.82) is 0 Å². The first-order valence-corrected chi connectivity index (χ1v) is 27.6. The summed E-state index contributed by atoms with van der Waals surface area (Å²) in [5.41, 5.74) is 0. The van der Waals surface area contributed by atoms with E-state index in [0.29, 0.717) is 19.3 Å². The van der Waals surface area contributed by atoms with Gasteiger partial charge in [0.25, 0.3) is 0 Å². The topological polar surface area (TPSA) is 78.9 Å². The fourth-order valence-electron chi connectivity index (χ4n) is 7.59. The van der Waals surface area contributed by atoms with Crippen LogP contribution in [0.4, 0.5) is 0 Å². The van der Waals surface area contributed by atoms with Crippen LogP contribution >= 0.6 is 0 Å². The van der Waals surface area contributed by atoms with E-state index in [1.165, 1.54) is 103 Å². The summed E-state index contributed by atoms with van der Waals surface area (Å²) in [5.74, 6) is -0.932. The SMILES string of the molecule is CC/C=C\C/C=C\C/C=C\CCCCCCC(=O)OCC(COC(=O)CCCCCCC\C=C/C=C\C=C/C=C\CCCCC)OC(=O)CCCCCCCCCCCCCCCCCC. The summed E-state index contributed by atoms with van der Waals surface area (Å²) in [6, 6.07) is 0. The number of rotatable bonds is 49. The van der Waals surface area contributed by atoms with Crippen molar-refractivity contribution in [3.05, 3.63) is 85.1 Å². The van der Waals surface area contributed by atoms with Crippen molar-refractivity contribution in [2.24, 2.45) is 0 Å². The molecule has 6 nitrogen and oxygen atoms in total. The zero-order valence-corrected chi connectivity index (χ0v) is 43.2. The fraction of sp³-hybridized carbons (Fsp3) is 0.717. The molecule has 66 heavy (non-hydrogen) atoms. The molecular weight excluding hydrogens is 817 g/mol. The second-order valence-electron chi connectivity index (χ2n) is 18.2. The molecule has 0 spiro atoms. The van der Waals surface area contributed by atoms with Gasteiger partial charge >= 0.3 is 17.9 Å². The number of hydrogen-bond donors (Lipinski definition) is 0. The molecule has 0 bridgehead atoms. The number of carbonyl (C=O) groups is 3. The molecule has 6 heteroatoms. The van der Waals surface area contributed by atoms with Gasteiger partial charge < -0.3 is 14.2 Å². The second kappa shape index (κ2) is 54.2. The highest BCUT2D eigenvalue weighted by Crippen LogP contribution is 2.15. The van der Waals surface area contributed by atoms with Crippen LogP contribution in [0.3, 0.4) is 0 Å². The number of esters is 3. The third-order valence-corrected chi connectivity index (χ3v) is 11.7. The van der Waals surface area contributed by atoms with Crippen LogP contribution < -0.4 is 0 Å². The van der Waals surface area contributed by atoms with E-state index < -0.39 is 6.10 Å². The van der Waals surface area contributed by atoms with Crippen LogP contribution in [0.25, 0.3) is 0 Å². The highest BCUT2D eigenvalue weighted by Gasteiger charge is 2.19. The lowest BCUT2D eigenvalue weighted by atomic mass is 10.0. The highest BCUT2D eigenvalue weighted by molar-refractivity contribution is 5.71. The van der Waals surface area contributed by atoms with E-state index in [0.717, 1.165) is 116 Å². The Labute approximate surface area is 407 Å². The molecule has 0 aliphatic carbocycles. The Balaban J connectivity index is 4.45. The second-order valence-corrected chi connectivity index (χ2v) is 18.2. The Morgan fingerprint density at radius 2 is 0.652 bits per heavy atom. The minimum atomic E-state index is -0.794. The quantitative estimate of drug-likeness (QED) is 0.0199. The maximum Gasteiger partial charge on any atom is 0.306 e. The Morgan fingerprint density at radius 3 is 1.09 bits per heavy atom. The summed E-state index contributed by atoms with van der Waals surface area (Å²) < 4.78 is 16.8. The molecular formula is C60H102O6. The molecule has 0 aromatic heterocycles. The van der Waals surface area contributed by atoms with Gasteiger partial charge in [0.2, 0.25) is 0 Å². The third-order valence-electron chi connectivity index (χ3n) is 11.7. The number of hydrogen-bond acceptors (Lipinski definition) is 6. The van der Waals surface area contributed by atoms with E-state index in [-0.39, 0.29) is 31.1 Å². The van der Waals surface area contributed by atoms with Gasteiger partial charge in [-0.25, -0.2) is 0 Å². The largest absolute Gasteiger partial charge is 0.462 e. The fourth-order valence-corrected chi connectivity index (χ4v) is 7.59. The monoisotopic (exact) mass is 919 g/mol. The summed E-state index contributed by atoms with van der Waals surface area (Å²) in [6.45, 7) is 6.46. The van der Waals surface area contributed by atoms with Crippen molar-refractivity contribution >= 4 is 17.9 Å². The van der Waals surface area contributed by atoms with Crippen LogP contribution in [0.1, 0.15) is 258 Å². The number of ether oxygens (including phenoxy) is 3. The van der Waals surface area contributed by atoms with Gasteiger partial charge in [-0.1, -0.05) is 247 Å². The van der Waals surface area contributed by atoms with Crippen molar-refractivity contribution in [2.45, 2.75) is 264 Å². The van der Waals surface area contributed by atoms with Gasteiger partial charge in [-0.05, 0) is 77.0 Å². The van der Waals surface area contributed by atoms with Crippen molar-refractivity contribution in [3.8, 4) is 0 Å². The van der Waals surface area contributed by atoms with E-state index in [2.05, 4.69) is 106 Å². The van der Waals surface area contributed by atoms with Gasteiger partial charge in [-0.3, -0.25) is 14.4 Å². The van der Waals surface area contributed by atoms with Crippen LogP contribution in [0.5, 0.6) is 0 Å². The third kappa shape index (κ3) is 51.6. The predicted molar refractivity (Wildman–Crippen MR) is 284 cm³/mol. The van der Waals surface area contributed by atoms with Crippen molar-refractivity contribution in [1.82, 2.24) is 0 Å². The Kier molecular flexibility index (Phi) is 51.4. The summed E-state index contributed by atoms with van der Waals surface area (Å²) in [5, 5.41) is 0. The maximum absolute atomic E-state index is 12.8. The lowest BCUT2D eigenvalue weighted by Gasteiger charge is -2.18. The average Bonchev–Trinajstić information content (AvgIpc) is 3.31. The van der Waals surface area contributed by atoms with E-state index in [9.17, 15) is 14.4 Å². The first-order valence-electron chi connectivity index (χ1n) is 27.6. The lowest BCUT2D eigenvalue weighted by Crippen LogP contribution is -2.30. The van der Waals surface area contributed by atoms with Gasteiger partial charge in [0.15, 0.2) is 6.10 Å².